The van der Waals surface area contributed by atoms with E-state index in [2.05, 4.69) is 5.32 Å². The molecule has 0 rings (SSSR count). The average Bonchev–Trinajstić information content (AvgIpc) is 1.97. The molecule has 0 bridgehead atoms. The van der Waals surface area contributed by atoms with Gasteiger partial charge in [-0.25, -0.2) is 5.41 Å². The molecule has 2 N–H and O–H groups in total. The van der Waals surface area contributed by atoms with Crippen LogP contribution in [0.15, 0.2) is 5.41 Å². The fraction of sp³-hybridized carbons (Fsp3) is 0.500. The van der Waals surface area contributed by atoms with Gasteiger partial charge in [0, 0.05) is 6.54 Å². The Labute approximate surface area is 92.9 Å². The van der Waals surface area contributed by atoms with Gasteiger partial charge in [-0.2, -0.15) is 11.8 Å². The molecule has 3 nitrogen and oxygen atoms in total. The van der Waals surface area contributed by atoms with Gasteiger partial charge >= 0.3 is 29.6 Å². The van der Waals surface area contributed by atoms with E-state index >= 15 is 0 Å². The maximum absolute atomic E-state index is 10.6. The number of carbonyl (C=O) groups excluding carboxylic acids is 1. The molecule has 0 atom stereocenters. The summed E-state index contributed by atoms with van der Waals surface area (Å²) in [6.07, 6.45) is 0. The van der Waals surface area contributed by atoms with Crippen molar-refractivity contribution in [3.63, 3.8) is 0 Å². The van der Waals surface area contributed by atoms with Crippen LogP contribution in [0.3, 0.4) is 0 Å². The Morgan fingerprint density at radius 1 is 1.73 bits per heavy atom. The molecule has 0 aliphatic rings. The zero-order valence-electron chi connectivity index (χ0n) is 6.54. The van der Waals surface area contributed by atoms with E-state index in [9.17, 15) is 4.79 Å². The minimum Gasteiger partial charge on any atom is -0.507 e. The fourth-order valence-corrected chi connectivity index (χ4v) is 0.720. The van der Waals surface area contributed by atoms with E-state index in [0.717, 1.165) is 0 Å². The van der Waals surface area contributed by atoms with Crippen LogP contribution in [0.1, 0.15) is 0 Å². The molecule has 0 spiro atoms. The van der Waals surface area contributed by atoms with Crippen LogP contribution in [0.4, 0.5) is 0 Å². The third-order valence-corrected chi connectivity index (χ3v) is 1.37. The van der Waals surface area contributed by atoms with Crippen molar-refractivity contribution in [2.75, 3.05) is 18.9 Å². The zero-order chi connectivity index (χ0) is 7.82. The van der Waals surface area contributed by atoms with Gasteiger partial charge in [-0.1, -0.05) is 0 Å². The van der Waals surface area contributed by atoms with E-state index in [0.29, 0.717) is 12.3 Å². The summed E-state index contributed by atoms with van der Waals surface area (Å²) in [7, 11) is 0. The molecule has 11 heavy (non-hydrogen) atoms. The first kappa shape index (κ1) is 14.1. The molecular formula is C6H10NNaO2S. The number of aliphatic hydroxyl groups excluding tert-OH is 1. The summed E-state index contributed by atoms with van der Waals surface area (Å²) in [5.74, 6) is 0.206. The van der Waals surface area contributed by atoms with Crippen molar-refractivity contribution >= 4 is 17.7 Å². The van der Waals surface area contributed by atoms with Gasteiger partial charge in [0.1, 0.15) is 0 Å². The van der Waals surface area contributed by atoms with Gasteiger partial charge in [-0.3, -0.25) is 4.79 Å². The monoisotopic (exact) mass is 183 g/mol. The van der Waals surface area contributed by atoms with Gasteiger partial charge in [0.25, 0.3) is 0 Å². The molecule has 0 fully saturated rings. The molecule has 0 aromatic heterocycles. The molecule has 0 heterocycles. The maximum Gasteiger partial charge on any atom is 1.00 e. The van der Waals surface area contributed by atoms with Crippen molar-refractivity contribution in [2.45, 2.75) is 0 Å². The smallest absolute Gasteiger partial charge is 0.507 e. The third-order valence-electron chi connectivity index (χ3n) is 0.745. The molecule has 0 unspecified atom stereocenters. The van der Waals surface area contributed by atoms with Crippen molar-refractivity contribution in [3.8, 4) is 0 Å². The predicted molar refractivity (Wildman–Crippen MR) is 41.4 cm³/mol. The van der Waals surface area contributed by atoms with Gasteiger partial charge in [-0.15, -0.1) is 0 Å². The summed E-state index contributed by atoms with van der Waals surface area (Å²) in [6, 6.07) is 0. The number of aliphatic hydroxyl groups is 1. The fourth-order valence-electron chi connectivity index (χ4n) is 0.370. The minimum absolute atomic E-state index is 0. The van der Waals surface area contributed by atoms with E-state index in [1.54, 1.807) is 0 Å². The number of hydrogen-bond donors (Lipinski definition) is 2. The summed E-state index contributed by atoms with van der Waals surface area (Å²) < 4.78 is 0. The first-order valence-corrected chi connectivity index (χ1v) is 3.88. The van der Waals surface area contributed by atoms with Crippen molar-refractivity contribution in [3.05, 3.63) is 12.0 Å². The van der Waals surface area contributed by atoms with E-state index in [1.807, 2.05) is 0 Å². The van der Waals surface area contributed by atoms with Gasteiger partial charge in [-0.05, 0) is 0 Å². The number of nitrogens with one attached hydrogen (secondary N) is 1. The zero-order valence-corrected chi connectivity index (χ0v) is 9.36. The molecule has 0 aromatic carbocycles. The van der Waals surface area contributed by atoms with Gasteiger partial charge in [0.05, 0.1) is 12.4 Å². The normalized spacial score (nSPS) is 8.09. The first-order chi connectivity index (χ1) is 4.81. The van der Waals surface area contributed by atoms with Gasteiger partial charge < -0.3 is 17.0 Å². The number of hydrogen-bond acceptors (Lipinski definition) is 3. The second-order valence-corrected chi connectivity index (χ2v) is 2.41. The summed E-state index contributed by atoms with van der Waals surface area (Å²) in [5, 5.41) is 12.1. The Kier molecular flexibility index (Phi) is 13.5. The number of thioether (sulfide) groups is 1. The topological polar surface area (TPSA) is 49.3 Å². The summed E-state index contributed by atoms with van der Waals surface area (Å²) in [6.45, 7) is 5.30. The molecule has 1 amide bonds. The van der Waals surface area contributed by atoms with E-state index in [1.165, 1.54) is 17.2 Å². The van der Waals surface area contributed by atoms with Crippen LogP contribution >= 0.6 is 11.8 Å². The quantitative estimate of drug-likeness (QED) is 0.348. The Morgan fingerprint density at radius 3 is 2.82 bits per heavy atom. The van der Waals surface area contributed by atoms with Crippen LogP contribution in [0.2, 0.25) is 0 Å². The molecule has 58 valence electrons. The largest absolute Gasteiger partial charge is 1.00 e. The summed E-state index contributed by atoms with van der Waals surface area (Å²) in [4.78, 5) is 10.6. The maximum atomic E-state index is 10.6. The Hall–Kier alpha value is 0.520. The number of rotatable bonds is 5. The third kappa shape index (κ3) is 10.5. The van der Waals surface area contributed by atoms with E-state index in [-0.39, 0.29) is 42.1 Å². The van der Waals surface area contributed by atoms with Crippen molar-refractivity contribution < 1.29 is 39.5 Å². The SMILES string of the molecule is [CH-]=CSCC(=O)NCCO.[Na+]. The van der Waals surface area contributed by atoms with Crippen LogP contribution in [-0.2, 0) is 4.79 Å². The molecule has 0 saturated carbocycles. The first-order valence-electron chi connectivity index (χ1n) is 2.84. The molecule has 0 saturated heterocycles. The van der Waals surface area contributed by atoms with Crippen molar-refractivity contribution in [1.29, 1.82) is 0 Å². The Balaban J connectivity index is 0. The predicted octanol–water partition coefficient (Wildman–Crippen LogP) is -3.22. The van der Waals surface area contributed by atoms with Gasteiger partial charge in [0.15, 0.2) is 0 Å². The molecule has 0 aliphatic heterocycles. The number of amides is 1. The second kappa shape index (κ2) is 10.5. The van der Waals surface area contributed by atoms with Crippen LogP contribution < -0.4 is 34.9 Å². The van der Waals surface area contributed by atoms with Crippen molar-refractivity contribution in [2.24, 2.45) is 0 Å². The summed E-state index contributed by atoms with van der Waals surface area (Å²) in [5.41, 5.74) is 0. The van der Waals surface area contributed by atoms with Crippen LogP contribution in [0.25, 0.3) is 0 Å². The Morgan fingerprint density at radius 2 is 2.36 bits per heavy atom. The molecular weight excluding hydrogens is 173 g/mol. The van der Waals surface area contributed by atoms with Crippen molar-refractivity contribution in [1.82, 2.24) is 5.32 Å². The van der Waals surface area contributed by atoms with E-state index in [4.69, 9.17) is 11.7 Å². The summed E-state index contributed by atoms with van der Waals surface area (Å²) >= 11 is 1.23. The molecule has 0 aliphatic carbocycles. The van der Waals surface area contributed by atoms with Crippen LogP contribution in [0, 0.1) is 6.58 Å². The van der Waals surface area contributed by atoms with Crippen LogP contribution in [0.5, 0.6) is 0 Å². The van der Waals surface area contributed by atoms with Crippen LogP contribution in [-0.4, -0.2) is 29.9 Å². The molecule has 0 radical (unpaired) electrons. The Bertz CT molecular complexity index is 121. The minimum atomic E-state index is -0.110. The molecule has 5 heteroatoms. The average molecular weight is 183 g/mol. The second-order valence-electron chi connectivity index (χ2n) is 1.52. The van der Waals surface area contributed by atoms with Gasteiger partial charge in [0.2, 0.25) is 5.91 Å². The van der Waals surface area contributed by atoms with E-state index < -0.39 is 0 Å². The number of carbonyl (C=O) groups is 1. The standard InChI is InChI=1S/C6H10NO2S.Na/c1-2-10-5-6(9)7-3-4-8;/h1-2,8H,3-5H2,(H,7,9);/q-1;+1. The molecule has 0 aromatic rings.